The second kappa shape index (κ2) is 6.14. The number of benzene rings is 1. The Morgan fingerprint density at radius 1 is 1.12 bits per heavy atom. The predicted molar refractivity (Wildman–Crippen MR) is 92.2 cm³/mol. The van der Waals surface area contributed by atoms with Gasteiger partial charge in [-0.3, -0.25) is 19.3 Å². The largest absolute Gasteiger partial charge is 0.355 e. The normalized spacial score (nSPS) is 30.7. The number of fused-ring (bicyclic) bond motifs is 5. The van der Waals surface area contributed by atoms with Crippen LogP contribution in [0.5, 0.6) is 0 Å². The van der Waals surface area contributed by atoms with Crippen molar-refractivity contribution in [1.29, 1.82) is 0 Å². The molecule has 1 aliphatic heterocycles. The predicted octanol–water partition coefficient (Wildman–Crippen LogP) is 1.54. The lowest BCUT2D eigenvalue weighted by molar-refractivity contribution is -0.148. The number of nitrogens with zero attached hydrogens (tertiary/aromatic N) is 1. The third-order valence-electron chi connectivity index (χ3n) is 5.74. The van der Waals surface area contributed by atoms with Crippen LogP contribution in [-0.2, 0) is 20.8 Å². The lowest BCUT2D eigenvalue weighted by Gasteiger charge is -2.27. The molecule has 5 nitrogen and oxygen atoms in total. The molecule has 3 aliphatic rings. The van der Waals surface area contributed by atoms with Gasteiger partial charge in [0.1, 0.15) is 6.04 Å². The highest BCUT2D eigenvalue weighted by molar-refractivity contribution is 6.09. The summed E-state index contributed by atoms with van der Waals surface area (Å²) in [5, 5.41) is 2.79. The number of likely N-dealkylation sites (N-methyl/N-ethyl adjacent to an activating group) is 1. The van der Waals surface area contributed by atoms with E-state index in [1.807, 2.05) is 37.3 Å². The van der Waals surface area contributed by atoms with Crippen molar-refractivity contribution in [1.82, 2.24) is 10.2 Å². The van der Waals surface area contributed by atoms with Crippen LogP contribution in [0.15, 0.2) is 42.5 Å². The van der Waals surface area contributed by atoms with Gasteiger partial charge in [-0.15, -0.1) is 0 Å². The molecule has 5 heteroatoms. The van der Waals surface area contributed by atoms with E-state index in [2.05, 4.69) is 17.5 Å². The molecule has 2 fully saturated rings. The highest BCUT2D eigenvalue weighted by Crippen LogP contribution is 2.52. The van der Waals surface area contributed by atoms with Crippen LogP contribution in [0.25, 0.3) is 0 Å². The molecule has 0 aromatic heterocycles. The van der Waals surface area contributed by atoms with E-state index in [1.54, 1.807) is 0 Å². The van der Waals surface area contributed by atoms with Crippen molar-refractivity contribution >= 4 is 17.7 Å². The minimum atomic E-state index is -0.771. The number of nitrogens with one attached hydrogen (secondary N) is 1. The molecule has 2 bridgehead atoms. The number of allylic oxidation sites excluding steroid dienone is 2. The maximum absolute atomic E-state index is 13.0. The lowest BCUT2D eigenvalue weighted by Crippen LogP contribution is -2.51. The van der Waals surface area contributed by atoms with Gasteiger partial charge in [0.2, 0.25) is 17.7 Å². The van der Waals surface area contributed by atoms with Crippen LogP contribution >= 0.6 is 0 Å². The molecule has 1 aromatic carbocycles. The van der Waals surface area contributed by atoms with Gasteiger partial charge < -0.3 is 5.32 Å². The third-order valence-corrected chi connectivity index (χ3v) is 5.74. The summed E-state index contributed by atoms with van der Waals surface area (Å²) >= 11 is 0. The Morgan fingerprint density at radius 2 is 1.72 bits per heavy atom. The molecule has 5 atom stereocenters. The number of carbonyl (C=O) groups is 3. The van der Waals surface area contributed by atoms with E-state index in [0.29, 0.717) is 13.0 Å². The standard InChI is InChI=1S/C20H22N2O3/c1-2-21-18(23)15(10-12-6-4-3-5-7-12)22-19(24)16-13-8-9-14(11-13)17(16)20(22)25/h3-9,13-17H,2,10-11H2,1H3,(H,21,23). The Hall–Kier alpha value is -2.43. The molecule has 130 valence electrons. The first kappa shape index (κ1) is 16.1. The fraction of sp³-hybridized carbons (Fsp3) is 0.450. The van der Waals surface area contributed by atoms with E-state index in [-0.39, 0.29) is 41.4 Å². The van der Waals surface area contributed by atoms with Gasteiger partial charge in [-0.2, -0.15) is 0 Å². The fourth-order valence-corrected chi connectivity index (χ4v) is 4.66. The first-order chi connectivity index (χ1) is 12.1. The van der Waals surface area contributed by atoms with E-state index < -0.39 is 6.04 Å². The van der Waals surface area contributed by atoms with Gasteiger partial charge in [0, 0.05) is 13.0 Å². The number of rotatable bonds is 5. The maximum atomic E-state index is 13.0. The first-order valence-electron chi connectivity index (χ1n) is 8.98. The van der Waals surface area contributed by atoms with Gasteiger partial charge in [-0.05, 0) is 30.7 Å². The second-order valence-electron chi connectivity index (χ2n) is 7.15. The number of carbonyl (C=O) groups excluding carboxylic acids is 3. The van der Waals surface area contributed by atoms with Crippen molar-refractivity contribution in [2.45, 2.75) is 25.8 Å². The number of likely N-dealkylation sites (tertiary alicyclic amines) is 1. The number of hydrogen-bond donors (Lipinski definition) is 1. The van der Waals surface area contributed by atoms with Crippen molar-refractivity contribution in [3.05, 3.63) is 48.0 Å². The summed E-state index contributed by atoms with van der Waals surface area (Å²) in [4.78, 5) is 40.0. The SMILES string of the molecule is CCNC(=O)C(Cc1ccccc1)N1C(=O)C2C3C=CC(C3)C2C1=O. The van der Waals surface area contributed by atoms with E-state index >= 15 is 0 Å². The molecule has 5 unspecified atom stereocenters. The maximum Gasteiger partial charge on any atom is 0.243 e. The quantitative estimate of drug-likeness (QED) is 0.654. The van der Waals surface area contributed by atoms with Gasteiger partial charge in [0.25, 0.3) is 0 Å². The second-order valence-corrected chi connectivity index (χ2v) is 7.15. The minimum absolute atomic E-state index is 0.156. The van der Waals surface area contributed by atoms with E-state index in [0.717, 1.165) is 12.0 Å². The van der Waals surface area contributed by atoms with Crippen LogP contribution in [0.4, 0.5) is 0 Å². The zero-order valence-electron chi connectivity index (χ0n) is 14.2. The number of hydrogen-bond acceptors (Lipinski definition) is 3. The smallest absolute Gasteiger partial charge is 0.243 e. The van der Waals surface area contributed by atoms with Gasteiger partial charge in [0.15, 0.2) is 0 Å². The van der Waals surface area contributed by atoms with Crippen molar-refractivity contribution in [3.63, 3.8) is 0 Å². The van der Waals surface area contributed by atoms with Crippen LogP contribution < -0.4 is 5.32 Å². The van der Waals surface area contributed by atoms with Crippen molar-refractivity contribution in [3.8, 4) is 0 Å². The highest BCUT2D eigenvalue weighted by atomic mass is 16.2. The third kappa shape index (κ3) is 2.49. The summed E-state index contributed by atoms with van der Waals surface area (Å²) in [5.74, 6) is -0.817. The summed E-state index contributed by atoms with van der Waals surface area (Å²) in [6, 6.07) is 8.78. The average molecular weight is 338 g/mol. The topological polar surface area (TPSA) is 66.5 Å². The molecule has 3 amide bonds. The Morgan fingerprint density at radius 3 is 2.28 bits per heavy atom. The highest BCUT2D eigenvalue weighted by Gasteiger charge is 2.61. The van der Waals surface area contributed by atoms with Crippen LogP contribution in [0.1, 0.15) is 18.9 Å². The fourth-order valence-electron chi connectivity index (χ4n) is 4.66. The molecule has 1 saturated carbocycles. The van der Waals surface area contributed by atoms with Gasteiger partial charge in [-0.25, -0.2) is 0 Å². The zero-order valence-corrected chi connectivity index (χ0v) is 14.2. The van der Waals surface area contributed by atoms with Crippen molar-refractivity contribution in [2.24, 2.45) is 23.7 Å². The van der Waals surface area contributed by atoms with E-state index in [4.69, 9.17) is 0 Å². The summed E-state index contributed by atoms with van der Waals surface area (Å²) in [5.41, 5.74) is 0.942. The molecular formula is C20H22N2O3. The number of imide groups is 1. The Labute approximate surface area is 147 Å². The molecule has 1 heterocycles. The summed E-state index contributed by atoms with van der Waals surface area (Å²) in [6.07, 6.45) is 5.38. The molecule has 0 radical (unpaired) electrons. The van der Waals surface area contributed by atoms with Gasteiger partial charge in [0.05, 0.1) is 11.8 Å². The zero-order chi connectivity index (χ0) is 17.6. The lowest BCUT2D eigenvalue weighted by atomic mass is 9.85. The molecule has 1 N–H and O–H groups in total. The van der Waals surface area contributed by atoms with Gasteiger partial charge in [-0.1, -0.05) is 42.5 Å². The Bertz CT molecular complexity index is 713. The average Bonchev–Trinajstić information content (AvgIpc) is 3.29. The van der Waals surface area contributed by atoms with Crippen LogP contribution in [0.3, 0.4) is 0 Å². The monoisotopic (exact) mass is 338 g/mol. The molecule has 1 saturated heterocycles. The summed E-state index contributed by atoms with van der Waals surface area (Å²) in [7, 11) is 0. The molecular weight excluding hydrogens is 316 g/mol. The van der Waals surface area contributed by atoms with Crippen LogP contribution in [0, 0.1) is 23.7 Å². The van der Waals surface area contributed by atoms with E-state index in [1.165, 1.54) is 4.90 Å². The van der Waals surface area contributed by atoms with Crippen molar-refractivity contribution < 1.29 is 14.4 Å². The number of amides is 3. The van der Waals surface area contributed by atoms with Crippen LogP contribution in [-0.4, -0.2) is 35.2 Å². The Balaban J connectivity index is 1.64. The molecule has 1 aromatic rings. The Kier molecular flexibility index (Phi) is 3.94. The molecule has 0 spiro atoms. The van der Waals surface area contributed by atoms with Crippen LogP contribution in [0.2, 0.25) is 0 Å². The summed E-state index contributed by atoms with van der Waals surface area (Å²) < 4.78 is 0. The molecule has 4 rings (SSSR count). The van der Waals surface area contributed by atoms with Crippen molar-refractivity contribution in [2.75, 3.05) is 6.54 Å². The van der Waals surface area contributed by atoms with E-state index in [9.17, 15) is 14.4 Å². The van der Waals surface area contributed by atoms with Gasteiger partial charge >= 0.3 is 0 Å². The minimum Gasteiger partial charge on any atom is -0.355 e. The summed E-state index contributed by atoms with van der Waals surface area (Å²) in [6.45, 7) is 2.31. The first-order valence-corrected chi connectivity index (χ1v) is 8.98. The molecule has 25 heavy (non-hydrogen) atoms. The molecule has 2 aliphatic carbocycles.